The average molecular weight is 539 g/mol. The van der Waals surface area contributed by atoms with Gasteiger partial charge in [0.1, 0.15) is 11.9 Å². The third-order valence-corrected chi connectivity index (χ3v) is 9.11. The highest BCUT2D eigenvalue weighted by molar-refractivity contribution is 6.14. The van der Waals surface area contributed by atoms with Crippen LogP contribution in [0.25, 0.3) is 0 Å². The number of benzene rings is 2. The summed E-state index contributed by atoms with van der Waals surface area (Å²) >= 11 is 0. The molecule has 8 nitrogen and oxygen atoms in total. The number of anilines is 1. The zero-order valence-electron chi connectivity index (χ0n) is 23.1. The first kappa shape index (κ1) is 26.4. The number of carbonyl (C=O) groups is 1. The molecule has 208 valence electrons. The maximum absolute atomic E-state index is 13.4. The van der Waals surface area contributed by atoms with Crippen molar-refractivity contribution in [2.75, 3.05) is 12.8 Å². The van der Waals surface area contributed by atoms with Gasteiger partial charge in [0.05, 0.1) is 11.8 Å². The summed E-state index contributed by atoms with van der Waals surface area (Å²) in [5, 5.41) is 12.1. The number of nitrogens with two attached hydrogens (primary N) is 1. The standard InChI is InChI=1S/C32H38N6O2/c1-38-23-10-11-24(38)19-26(18-23)40-25-12-7-20(8-13-25)29(34)27-17-22(9-14-28(27)33)32(39)37-30(21-5-2-3-6-21)31-35-15-4-16-36-31/h4,7-9,12-17,21,23-24,26,30,34H,2-3,5-6,10-11,18-19,33H2,1H3,(H,37,39). The molecule has 2 saturated heterocycles. The van der Waals surface area contributed by atoms with Crippen LogP contribution in [0.3, 0.4) is 0 Å². The monoisotopic (exact) mass is 538 g/mol. The SMILES string of the molecule is CN1C2CCC1CC(Oc1ccc(C(=N)c3cc(C(=O)NC(c4ncccn4)C4CCCC4)ccc3N)cc1)C2. The van der Waals surface area contributed by atoms with Crippen LogP contribution in [0.5, 0.6) is 5.75 Å². The molecule has 4 N–H and O–H groups in total. The number of ether oxygens (including phenoxy) is 1. The molecule has 1 saturated carbocycles. The first-order chi connectivity index (χ1) is 19.5. The Bertz CT molecular complexity index is 1340. The Morgan fingerprint density at radius 1 is 1.00 bits per heavy atom. The highest BCUT2D eigenvalue weighted by Gasteiger charge is 2.39. The predicted octanol–water partition coefficient (Wildman–Crippen LogP) is 5.14. The molecule has 0 spiro atoms. The lowest BCUT2D eigenvalue weighted by Gasteiger charge is -2.36. The van der Waals surface area contributed by atoms with Gasteiger partial charge >= 0.3 is 0 Å². The molecule has 3 aromatic rings. The maximum Gasteiger partial charge on any atom is 0.251 e. The summed E-state index contributed by atoms with van der Waals surface area (Å²) in [7, 11) is 2.23. The van der Waals surface area contributed by atoms with E-state index >= 15 is 0 Å². The highest BCUT2D eigenvalue weighted by Crippen LogP contribution is 2.36. The van der Waals surface area contributed by atoms with Crippen LogP contribution in [0.15, 0.2) is 60.9 Å². The van der Waals surface area contributed by atoms with E-state index in [0.717, 1.165) is 49.8 Å². The van der Waals surface area contributed by atoms with E-state index < -0.39 is 0 Å². The number of nitrogen functional groups attached to an aromatic ring is 1. The third kappa shape index (κ3) is 5.45. The number of aromatic nitrogens is 2. The lowest BCUT2D eigenvalue weighted by atomic mass is 9.95. The fraction of sp³-hybridized carbons (Fsp3) is 0.438. The summed E-state index contributed by atoms with van der Waals surface area (Å²) in [5.74, 6) is 1.56. The number of nitrogens with one attached hydrogen (secondary N) is 2. The Labute approximate surface area is 235 Å². The molecule has 1 aliphatic carbocycles. The van der Waals surface area contributed by atoms with Gasteiger partial charge in [-0.1, -0.05) is 12.8 Å². The van der Waals surface area contributed by atoms with Crippen LogP contribution in [-0.4, -0.2) is 51.7 Å². The van der Waals surface area contributed by atoms with Gasteiger partial charge in [0.15, 0.2) is 5.82 Å². The smallest absolute Gasteiger partial charge is 0.251 e. The van der Waals surface area contributed by atoms with Gasteiger partial charge in [-0.3, -0.25) is 10.2 Å². The molecule has 40 heavy (non-hydrogen) atoms. The molecule has 0 radical (unpaired) electrons. The van der Waals surface area contributed by atoms with Crippen LogP contribution in [-0.2, 0) is 0 Å². The van der Waals surface area contributed by atoms with Crippen molar-refractivity contribution in [2.45, 2.75) is 75.6 Å². The molecular weight excluding hydrogens is 500 g/mol. The van der Waals surface area contributed by atoms with Crippen molar-refractivity contribution >= 4 is 17.3 Å². The lowest BCUT2D eigenvalue weighted by Crippen LogP contribution is -2.43. The second-order valence-electron chi connectivity index (χ2n) is 11.6. The van der Waals surface area contributed by atoms with Gasteiger partial charge in [-0.25, -0.2) is 9.97 Å². The second kappa shape index (κ2) is 11.4. The van der Waals surface area contributed by atoms with Crippen LogP contribution in [0.2, 0.25) is 0 Å². The maximum atomic E-state index is 13.4. The Hall–Kier alpha value is -3.78. The minimum atomic E-state index is -0.246. The topological polar surface area (TPSA) is 117 Å². The van der Waals surface area contributed by atoms with Gasteiger partial charge < -0.3 is 20.7 Å². The lowest BCUT2D eigenvalue weighted by molar-refractivity contribution is 0.0661. The van der Waals surface area contributed by atoms with Crippen molar-refractivity contribution < 1.29 is 9.53 Å². The van der Waals surface area contributed by atoms with Crippen molar-refractivity contribution in [3.05, 3.63) is 83.4 Å². The van der Waals surface area contributed by atoms with Crippen molar-refractivity contribution in [2.24, 2.45) is 5.92 Å². The molecule has 3 aliphatic rings. The quantitative estimate of drug-likeness (QED) is 0.270. The Balaban J connectivity index is 1.15. The summed E-state index contributed by atoms with van der Waals surface area (Å²) in [6, 6.07) is 15.6. The van der Waals surface area contributed by atoms with Crippen LogP contribution in [0.1, 0.15) is 84.7 Å². The Kier molecular flexibility index (Phi) is 7.52. The van der Waals surface area contributed by atoms with Crippen LogP contribution < -0.4 is 15.8 Å². The number of rotatable bonds is 8. The van der Waals surface area contributed by atoms with Gasteiger partial charge in [0.2, 0.25) is 0 Å². The van der Waals surface area contributed by atoms with Crippen LogP contribution >= 0.6 is 0 Å². The number of fused-ring (bicyclic) bond motifs is 2. The van der Waals surface area contributed by atoms with E-state index in [1.807, 2.05) is 24.3 Å². The van der Waals surface area contributed by atoms with E-state index in [0.29, 0.717) is 40.6 Å². The predicted molar refractivity (Wildman–Crippen MR) is 156 cm³/mol. The van der Waals surface area contributed by atoms with Gasteiger partial charge in [-0.15, -0.1) is 0 Å². The molecule has 2 aromatic carbocycles. The summed E-state index contributed by atoms with van der Waals surface area (Å²) in [6.45, 7) is 0. The number of hydrogen-bond donors (Lipinski definition) is 3. The van der Waals surface area contributed by atoms with Crippen molar-refractivity contribution in [1.29, 1.82) is 5.41 Å². The molecule has 3 fully saturated rings. The van der Waals surface area contributed by atoms with Crippen LogP contribution in [0.4, 0.5) is 5.69 Å². The molecule has 1 amide bonds. The minimum Gasteiger partial charge on any atom is -0.490 e. The Morgan fingerprint density at radius 2 is 1.65 bits per heavy atom. The van der Waals surface area contributed by atoms with Gasteiger partial charge in [-0.05, 0) is 100 Å². The second-order valence-corrected chi connectivity index (χ2v) is 11.6. The molecule has 3 atom stereocenters. The first-order valence-electron chi connectivity index (χ1n) is 14.5. The van der Waals surface area contributed by atoms with E-state index in [1.165, 1.54) is 12.8 Å². The number of nitrogens with zero attached hydrogens (tertiary/aromatic N) is 3. The van der Waals surface area contributed by atoms with E-state index in [4.69, 9.17) is 15.9 Å². The third-order valence-electron chi connectivity index (χ3n) is 9.11. The fourth-order valence-corrected chi connectivity index (χ4v) is 6.80. The van der Waals surface area contributed by atoms with E-state index in [2.05, 4.69) is 27.2 Å². The fourth-order valence-electron chi connectivity index (χ4n) is 6.80. The van der Waals surface area contributed by atoms with E-state index in [9.17, 15) is 4.79 Å². The number of hydrogen-bond acceptors (Lipinski definition) is 7. The summed E-state index contributed by atoms with van der Waals surface area (Å²) in [5.41, 5.74) is 8.74. The largest absolute Gasteiger partial charge is 0.490 e. The molecule has 2 aliphatic heterocycles. The molecule has 8 heteroatoms. The number of piperidine rings is 1. The highest BCUT2D eigenvalue weighted by atomic mass is 16.5. The average Bonchev–Trinajstić information content (AvgIpc) is 3.57. The van der Waals surface area contributed by atoms with Crippen molar-refractivity contribution in [1.82, 2.24) is 20.2 Å². The van der Waals surface area contributed by atoms with Gasteiger partial charge in [0, 0.05) is 46.9 Å². The summed E-state index contributed by atoms with van der Waals surface area (Å²) in [6.07, 6.45) is 12.7. The van der Waals surface area contributed by atoms with Gasteiger partial charge in [-0.2, -0.15) is 0 Å². The number of carbonyl (C=O) groups excluding carboxylic acids is 1. The van der Waals surface area contributed by atoms with Crippen molar-refractivity contribution in [3.63, 3.8) is 0 Å². The summed E-state index contributed by atoms with van der Waals surface area (Å²) < 4.78 is 6.33. The minimum absolute atomic E-state index is 0.214. The molecule has 3 heterocycles. The Morgan fingerprint density at radius 3 is 2.33 bits per heavy atom. The zero-order chi connectivity index (χ0) is 27.6. The van der Waals surface area contributed by atoms with Crippen molar-refractivity contribution in [3.8, 4) is 5.75 Å². The zero-order valence-corrected chi connectivity index (χ0v) is 23.1. The molecule has 6 rings (SSSR count). The molecule has 1 aromatic heterocycles. The first-order valence-corrected chi connectivity index (χ1v) is 14.5. The van der Waals surface area contributed by atoms with Gasteiger partial charge in [0.25, 0.3) is 5.91 Å². The molecule has 2 bridgehead atoms. The normalized spacial score (nSPS) is 23.6. The summed E-state index contributed by atoms with van der Waals surface area (Å²) in [4.78, 5) is 24.8. The van der Waals surface area contributed by atoms with E-state index in [1.54, 1.807) is 36.7 Å². The molecular formula is C32H38N6O2. The number of amides is 1. The molecule has 3 unspecified atom stereocenters. The van der Waals surface area contributed by atoms with Crippen LogP contribution in [0, 0.1) is 11.3 Å². The van der Waals surface area contributed by atoms with E-state index in [-0.39, 0.29) is 23.8 Å².